The predicted octanol–water partition coefficient (Wildman–Crippen LogP) is 2.03. The highest BCUT2D eigenvalue weighted by Gasteiger charge is 2.40. The molecule has 2 unspecified atom stereocenters. The summed E-state index contributed by atoms with van der Waals surface area (Å²) in [5.74, 6) is -3.12. The van der Waals surface area contributed by atoms with Crippen LogP contribution in [-0.4, -0.2) is 40.1 Å². The first-order valence-corrected chi connectivity index (χ1v) is 7.08. The minimum atomic E-state index is -0.921. The Morgan fingerprint density at radius 1 is 1.05 bits per heavy atom. The molecule has 1 aromatic carbocycles. The highest BCUT2D eigenvalue weighted by atomic mass is 16.4. The lowest BCUT2D eigenvalue weighted by atomic mass is 9.83. The second kappa shape index (κ2) is 5.85. The van der Waals surface area contributed by atoms with Crippen LogP contribution in [0, 0.1) is 11.8 Å². The molecule has 1 fully saturated rings. The average molecular weight is 291 g/mol. The molecule has 21 heavy (non-hydrogen) atoms. The summed E-state index contributed by atoms with van der Waals surface area (Å²) >= 11 is 0. The molecule has 1 heterocycles. The lowest BCUT2D eigenvalue weighted by Gasteiger charge is -2.44. The van der Waals surface area contributed by atoms with Crippen LogP contribution >= 0.6 is 0 Å². The first kappa shape index (κ1) is 15.5. The molecule has 2 atom stereocenters. The number of hydrogen-bond acceptors (Lipinski definition) is 3. The molecule has 2 rings (SSSR count). The predicted molar refractivity (Wildman–Crippen MR) is 77.9 cm³/mol. The van der Waals surface area contributed by atoms with Crippen molar-refractivity contribution >= 4 is 11.9 Å². The van der Waals surface area contributed by atoms with Crippen molar-refractivity contribution in [1.29, 1.82) is 0 Å². The van der Waals surface area contributed by atoms with Crippen molar-refractivity contribution in [2.75, 3.05) is 13.1 Å². The average Bonchev–Trinajstić information content (AvgIpc) is 2.47. The molecular weight excluding hydrogens is 270 g/mol. The number of carboxylic acids is 2. The molecule has 0 saturated carbocycles. The molecule has 114 valence electrons. The van der Waals surface area contributed by atoms with Crippen LogP contribution in [0.3, 0.4) is 0 Å². The van der Waals surface area contributed by atoms with Gasteiger partial charge in [-0.15, -0.1) is 0 Å². The van der Waals surface area contributed by atoms with Crippen molar-refractivity contribution in [3.8, 4) is 0 Å². The van der Waals surface area contributed by atoms with Gasteiger partial charge in [0.25, 0.3) is 0 Å². The molecule has 0 amide bonds. The first-order valence-electron chi connectivity index (χ1n) is 7.08. The van der Waals surface area contributed by atoms with Gasteiger partial charge in [0.05, 0.1) is 11.8 Å². The second-order valence-electron chi connectivity index (χ2n) is 6.14. The number of rotatable bonds is 4. The van der Waals surface area contributed by atoms with Gasteiger partial charge in [0, 0.05) is 18.6 Å². The summed E-state index contributed by atoms with van der Waals surface area (Å²) in [6.07, 6.45) is 0.200. The van der Waals surface area contributed by atoms with Crippen LogP contribution < -0.4 is 0 Å². The van der Waals surface area contributed by atoms with E-state index in [4.69, 9.17) is 0 Å². The maximum Gasteiger partial charge on any atom is 0.307 e. The van der Waals surface area contributed by atoms with E-state index in [1.807, 2.05) is 49.1 Å². The van der Waals surface area contributed by atoms with Gasteiger partial charge in [-0.3, -0.25) is 14.5 Å². The molecule has 0 bridgehead atoms. The van der Waals surface area contributed by atoms with Crippen LogP contribution in [-0.2, 0) is 15.1 Å². The lowest BCUT2D eigenvalue weighted by molar-refractivity contribution is -0.151. The van der Waals surface area contributed by atoms with Crippen molar-refractivity contribution in [3.63, 3.8) is 0 Å². The third-order valence-corrected chi connectivity index (χ3v) is 4.42. The van der Waals surface area contributed by atoms with Gasteiger partial charge in [-0.05, 0) is 25.8 Å². The lowest BCUT2D eigenvalue weighted by Crippen LogP contribution is -2.52. The molecule has 0 spiro atoms. The van der Waals surface area contributed by atoms with Crippen LogP contribution in [0.25, 0.3) is 0 Å². The number of benzene rings is 1. The van der Waals surface area contributed by atoms with E-state index in [1.165, 1.54) is 0 Å². The number of carboxylic acid groups (broad SMARTS) is 2. The summed E-state index contributed by atoms with van der Waals surface area (Å²) in [4.78, 5) is 24.6. The minimum Gasteiger partial charge on any atom is -0.481 e. The van der Waals surface area contributed by atoms with E-state index >= 15 is 0 Å². The Kier molecular flexibility index (Phi) is 4.32. The van der Waals surface area contributed by atoms with Crippen LogP contribution in [0.1, 0.15) is 25.8 Å². The highest BCUT2D eigenvalue weighted by molar-refractivity contribution is 5.74. The molecule has 1 saturated heterocycles. The Morgan fingerprint density at radius 2 is 1.52 bits per heavy atom. The van der Waals surface area contributed by atoms with Gasteiger partial charge < -0.3 is 10.2 Å². The Morgan fingerprint density at radius 3 is 1.95 bits per heavy atom. The van der Waals surface area contributed by atoms with E-state index in [0.29, 0.717) is 13.1 Å². The minimum absolute atomic E-state index is 0.200. The van der Waals surface area contributed by atoms with E-state index in [2.05, 4.69) is 0 Å². The molecule has 5 nitrogen and oxygen atoms in total. The van der Waals surface area contributed by atoms with Gasteiger partial charge >= 0.3 is 11.9 Å². The highest BCUT2D eigenvalue weighted by Crippen LogP contribution is 2.34. The zero-order valence-electron chi connectivity index (χ0n) is 12.3. The van der Waals surface area contributed by atoms with Gasteiger partial charge in [0.2, 0.25) is 0 Å². The molecular formula is C16H21NO4. The van der Waals surface area contributed by atoms with E-state index in [-0.39, 0.29) is 6.42 Å². The number of carbonyl (C=O) groups is 2. The summed E-state index contributed by atoms with van der Waals surface area (Å²) in [5.41, 5.74) is 0.656. The van der Waals surface area contributed by atoms with Crippen LogP contribution in [0.4, 0.5) is 0 Å². The summed E-state index contributed by atoms with van der Waals surface area (Å²) in [6.45, 7) is 4.76. The van der Waals surface area contributed by atoms with Crippen molar-refractivity contribution in [3.05, 3.63) is 35.9 Å². The fourth-order valence-electron chi connectivity index (χ4n) is 2.94. The van der Waals surface area contributed by atoms with Gasteiger partial charge in [0.1, 0.15) is 0 Å². The third kappa shape index (κ3) is 3.24. The van der Waals surface area contributed by atoms with Gasteiger partial charge in [0.15, 0.2) is 0 Å². The quantitative estimate of drug-likeness (QED) is 0.887. The number of nitrogens with zero attached hydrogens (tertiary/aromatic N) is 1. The Balaban J connectivity index is 2.28. The maximum atomic E-state index is 11.3. The fourth-order valence-corrected chi connectivity index (χ4v) is 2.94. The topological polar surface area (TPSA) is 77.8 Å². The summed E-state index contributed by atoms with van der Waals surface area (Å²) < 4.78 is 0. The Labute approximate surface area is 124 Å². The largest absolute Gasteiger partial charge is 0.481 e. The molecule has 0 aromatic heterocycles. The van der Waals surface area contributed by atoms with Crippen molar-refractivity contribution < 1.29 is 19.8 Å². The summed E-state index contributed by atoms with van der Waals surface area (Å²) in [6, 6.07) is 9.77. The molecule has 0 aliphatic carbocycles. The van der Waals surface area contributed by atoms with Crippen LogP contribution in [0.2, 0.25) is 0 Å². The Bertz CT molecular complexity index is 504. The number of piperidine rings is 1. The number of hydrogen-bond donors (Lipinski definition) is 2. The normalized spacial score (nSPS) is 23.7. The van der Waals surface area contributed by atoms with Gasteiger partial charge in [-0.1, -0.05) is 30.3 Å². The molecule has 1 aliphatic rings. The SMILES string of the molecule is CC(C)(c1ccccc1)N1CC(C(=O)O)CC(C(=O)O)C1. The molecule has 1 aromatic rings. The molecule has 5 heteroatoms. The zero-order valence-corrected chi connectivity index (χ0v) is 12.3. The molecule has 2 N–H and O–H groups in total. The van der Waals surface area contributed by atoms with E-state index in [9.17, 15) is 19.8 Å². The standard InChI is InChI=1S/C16H21NO4/c1-16(2,13-6-4-3-5-7-13)17-9-11(14(18)19)8-12(10-17)15(20)21/h3-7,11-12H,8-10H2,1-2H3,(H,18,19)(H,20,21). The van der Waals surface area contributed by atoms with Crippen LogP contribution in [0.5, 0.6) is 0 Å². The van der Waals surface area contributed by atoms with E-state index in [1.54, 1.807) is 0 Å². The van der Waals surface area contributed by atoms with Crippen molar-refractivity contribution in [2.45, 2.75) is 25.8 Å². The monoisotopic (exact) mass is 291 g/mol. The van der Waals surface area contributed by atoms with Crippen molar-refractivity contribution in [1.82, 2.24) is 4.90 Å². The van der Waals surface area contributed by atoms with Gasteiger partial charge in [-0.2, -0.15) is 0 Å². The maximum absolute atomic E-state index is 11.3. The summed E-state index contributed by atoms with van der Waals surface area (Å²) in [7, 11) is 0. The number of likely N-dealkylation sites (tertiary alicyclic amines) is 1. The molecule has 1 aliphatic heterocycles. The first-order chi connectivity index (χ1) is 9.82. The van der Waals surface area contributed by atoms with Gasteiger partial charge in [-0.25, -0.2) is 0 Å². The third-order valence-electron chi connectivity index (χ3n) is 4.42. The summed E-state index contributed by atoms with van der Waals surface area (Å²) in [5, 5.41) is 18.5. The fraction of sp³-hybridized carbons (Fsp3) is 0.500. The van der Waals surface area contributed by atoms with E-state index < -0.39 is 29.3 Å². The molecule has 0 radical (unpaired) electrons. The zero-order chi connectivity index (χ0) is 15.6. The second-order valence-corrected chi connectivity index (χ2v) is 6.14. The van der Waals surface area contributed by atoms with Crippen molar-refractivity contribution in [2.24, 2.45) is 11.8 Å². The number of aliphatic carboxylic acids is 2. The van der Waals surface area contributed by atoms with E-state index in [0.717, 1.165) is 5.56 Å². The Hall–Kier alpha value is -1.88. The smallest absolute Gasteiger partial charge is 0.307 e. The van der Waals surface area contributed by atoms with Crippen LogP contribution in [0.15, 0.2) is 30.3 Å².